The summed E-state index contributed by atoms with van der Waals surface area (Å²) in [6.07, 6.45) is -0.759. The summed E-state index contributed by atoms with van der Waals surface area (Å²) in [5.74, 6) is -0.441. The van der Waals surface area contributed by atoms with Crippen molar-refractivity contribution in [3.63, 3.8) is 0 Å². The Morgan fingerprint density at radius 2 is 2.29 bits per heavy atom. The molecule has 0 aromatic heterocycles. The zero-order valence-corrected chi connectivity index (χ0v) is 9.61. The van der Waals surface area contributed by atoms with Crippen LogP contribution in [0.2, 0.25) is 0 Å². The third kappa shape index (κ3) is 2.55. The number of carbonyl (C=O) groups excluding carboxylic acids is 1. The van der Waals surface area contributed by atoms with Crippen LogP contribution in [0.4, 0.5) is 10.1 Å². The molecule has 0 radical (unpaired) electrons. The van der Waals surface area contributed by atoms with E-state index in [-0.39, 0.29) is 18.3 Å². The molecular formula is C12H15FN2O2. The maximum absolute atomic E-state index is 13.1. The van der Waals surface area contributed by atoms with Gasteiger partial charge in [-0.05, 0) is 25.1 Å². The Morgan fingerprint density at radius 3 is 2.94 bits per heavy atom. The number of anilines is 1. The topological polar surface area (TPSA) is 52.6 Å². The lowest BCUT2D eigenvalue weighted by molar-refractivity contribution is -0.120. The molecule has 1 aromatic carbocycles. The average molecular weight is 238 g/mol. The van der Waals surface area contributed by atoms with Gasteiger partial charge in [-0.1, -0.05) is 0 Å². The van der Waals surface area contributed by atoms with Crippen LogP contribution < -0.4 is 10.2 Å². The fraction of sp³-hybridized carbons (Fsp3) is 0.417. The first-order valence-electron chi connectivity index (χ1n) is 5.57. The number of hydrogen-bond donors (Lipinski definition) is 2. The number of aliphatic hydroxyl groups excluding tert-OH is 1. The molecule has 0 saturated carbocycles. The van der Waals surface area contributed by atoms with Gasteiger partial charge in [0.1, 0.15) is 5.82 Å². The van der Waals surface area contributed by atoms with Crippen LogP contribution in [0.3, 0.4) is 0 Å². The lowest BCUT2D eigenvalue weighted by Gasteiger charge is -2.30. The normalized spacial score (nSPS) is 17.8. The molecule has 0 spiro atoms. The van der Waals surface area contributed by atoms with E-state index in [1.165, 1.54) is 12.1 Å². The maximum Gasteiger partial charge on any atom is 0.239 e. The zero-order chi connectivity index (χ0) is 12.4. The van der Waals surface area contributed by atoms with Crippen LogP contribution in [-0.4, -0.2) is 30.6 Å². The third-order valence-corrected chi connectivity index (χ3v) is 2.82. The van der Waals surface area contributed by atoms with E-state index in [9.17, 15) is 14.3 Å². The highest BCUT2D eigenvalue weighted by Crippen LogP contribution is 2.27. The summed E-state index contributed by atoms with van der Waals surface area (Å²) in [5, 5.41) is 12.4. The number of amides is 1. The molecule has 0 aliphatic carbocycles. The van der Waals surface area contributed by atoms with Crippen LogP contribution in [-0.2, 0) is 4.79 Å². The monoisotopic (exact) mass is 238 g/mol. The van der Waals surface area contributed by atoms with Crippen molar-refractivity contribution in [1.29, 1.82) is 0 Å². The van der Waals surface area contributed by atoms with Gasteiger partial charge in [-0.2, -0.15) is 0 Å². The van der Waals surface area contributed by atoms with E-state index in [4.69, 9.17) is 0 Å². The van der Waals surface area contributed by atoms with Crippen molar-refractivity contribution in [3.05, 3.63) is 29.6 Å². The van der Waals surface area contributed by atoms with E-state index >= 15 is 0 Å². The summed E-state index contributed by atoms with van der Waals surface area (Å²) in [7, 11) is 0. The number of nitrogens with zero attached hydrogens (tertiary/aromatic N) is 1. The molecule has 1 aliphatic heterocycles. The molecule has 2 N–H and O–H groups in total. The Balaban J connectivity index is 2.33. The molecule has 1 unspecified atom stereocenters. The van der Waals surface area contributed by atoms with Crippen LogP contribution in [0.25, 0.3) is 0 Å². The van der Waals surface area contributed by atoms with Gasteiger partial charge in [-0.25, -0.2) is 4.39 Å². The van der Waals surface area contributed by atoms with Crippen molar-refractivity contribution >= 4 is 11.6 Å². The summed E-state index contributed by atoms with van der Waals surface area (Å²) >= 11 is 0. The van der Waals surface area contributed by atoms with E-state index in [0.717, 1.165) is 5.69 Å². The first kappa shape index (κ1) is 11.9. The zero-order valence-electron chi connectivity index (χ0n) is 9.61. The minimum Gasteiger partial charge on any atom is -0.389 e. The van der Waals surface area contributed by atoms with E-state index in [0.29, 0.717) is 18.7 Å². The SMILES string of the molecule is CC(O)c1cc(F)ccc1N1CCNC(=O)C1. The van der Waals surface area contributed by atoms with Gasteiger partial charge in [0.25, 0.3) is 0 Å². The van der Waals surface area contributed by atoms with E-state index in [1.807, 2.05) is 4.90 Å². The standard InChI is InChI=1S/C12H15FN2O2/c1-8(16)10-6-9(13)2-3-11(10)15-5-4-14-12(17)7-15/h2-3,6,8,16H,4-5,7H2,1H3,(H,14,17). The maximum atomic E-state index is 13.1. The number of nitrogens with one attached hydrogen (secondary N) is 1. The first-order valence-corrected chi connectivity index (χ1v) is 5.57. The van der Waals surface area contributed by atoms with Gasteiger partial charge in [-0.15, -0.1) is 0 Å². The Labute approximate surface area is 99.0 Å². The number of halogens is 1. The predicted molar refractivity (Wildman–Crippen MR) is 62.3 cm³/mol. The fourth-order valence-corrected chi connectivity index (χ4v) is 1.99. The molecule has 1 aliphatic rings. The number of aliphatic hydroxyl groups is 1. The molecular weight excluding hydrogens is 223 g/mol. The second kappa shape index (κ2) is 4.71. The summed E-state index contributed by atoms with van der Waals surface area (Å²) in [6.45, 7) is 3.06. The molecule has 1 heterocycles. The van der Waals surface area contributed by atoms with Crippen molar-refractivity contribution in [2.45, 2.75) is 13.0 Å². The molecule has 17 heavy (non-hydrogen) atoms. The van der Waals surface area contributed by atoms with Crippen molar-refractivity contribution in [1.82, 2.24) is 5.32 Å². The van der Waals surface area contributed by atoms with Gasteiger partial charge in [-0.3, -0.25) is 4.79 Å². The Hall–Kier alpha value is -1.62. The summed E-state index contributed by atoms with van der Waals surface area (Å²) in [4.78, 5) is 13.2. The molecule has 2 rings (SSSR count). The quantitative estimate of drug-likeness (QED) is 0.802. The van der Waals surface area contributed by atoms with Gasteiger partial charge < -0.3 is 15.3 Å². The van der Waals surface area contributed by atoms with E-state index < -0.39 is 6.10 Å². The number of piperazine rings is 1. The smallest absolute Gasteiger partial charge is 0.239 e. The minimum absolute atomic E-state index is 0.0582. The van der Waals surface area contributed by atoms with Gasteiger partial charge in [0, 0.05) is 24.3 Å². The molecule has 1 amide bonds. The number of hydrogen-bond acceptors (Lipinski definition) is 3. The third-order valence-electron chi connectivity index (χ3n) is 2.82. The summed E-state index contributed by atoms with van der Waals surface area (Å²) < 4.78 is 13.1. The molecule has 4 nitrogen and oxygen atoms in total. The number of carbonyl (C=O) groups is 1. The highest BCUT2D eigenvalue weighted by atomic mass is 19.1. The second-order valence-electron chi connectivity index (χ2n) is 4.15. The van der Waals surface area contributed by atoms with Crippen LogP contribution in [0.1, 0.15) is 18.6 Å². The minimum atomic E-state index is -0.759. The highest BCUT2D eigenvalue weighted by Gasteiger charge is 2.20. The first-order chi connectivity index (χ1) is 8.08. The molecule has 0 bridgehead atoms. The fourth-order valence-electron chi connectivity index (χ4n) is 1.99. The van der Waals surface area contributed by atoms with Crippen molar-refractivity contribution in [3.8, 4) is 0 Å². The van der Waals surface area contributed by atoms with Gasteiger partial charge in [0.05, 0.1) is 12.6 Å². The van der Waals surface area contributed by atoms with Gasteiger partial charge >= 0.3 is 0 Å². The molecule has 92 valence electrons. The lowest BCUT2D eigenvalue weighted by Crippen LogP contribution is -2.48. The van der Waals surface area contributed by atoms with E-state index in [1.54, 1.807) is 13.0 Å². The molecule has 1 aromatic rings. The van der Waals surface area contributed by atoms with Crippen LogP contribution >= 0.6 is 0 Å². The Morgan fingerprint density at radius 1 is 1.53 bits per heavy atom. The van der Waals surface area contributed by atoms with Crippen LogP contribution in [0.5, 0.6) is 0 Å². The predicted octanol–water partition coefficient (Wildman–Crippen LogP) is 0.815. The summed E-state index contributed by atoms with van der Waals surface area (Å²) in [5.41, 5.74) is 1.23. The Kier molecular flexibility index (Phi) is 3.28. The largest absolute Gasteiger partial charge is 0.389 e. The van der Waals surface area contributed by atoms with Gasteiger partial charge in [0.2, 0.25) is 5.91 Å². The molecule has 1 atom stereocenters. The summed E-state index contributed by atoms with van der Waals surface area (Å²) in [6, 6.07) is 4.26. The lowest BCUT2D eigenvalue weighted by atomic mass is 10.1. The van der Waals surface area contributed by atoms with Crippen LogP contribution in [0, 0.1) is 5.82 Å². The van der Waals surface area contributed by atoms with Crippen molar-refractivity contribution < 1.29 is 14.3 Å². The molecule has 1 fully saturated rings. The number of rotatable bonds is 2. The van der Waals surface area contributed by atoms with Crippen molar-refractivity contribution in [2.75, 3.05) is 24.5 Å². The molecule has 1 saturated heterocycles. The molecule has 5 heteroatoms. The highest BCUT2D eigenvalue weighted by molar-refractivity contribution is 5.83. The average Bonchev–Trinajstić information content (AvgIpc) is 2.28. The van der Waals surface area contributed by atoms with Crippen molar-refractivity contribution in [2.24, 2.45) is 0 Å². The van der Waals surface area contributed by atoms with E-state index in [2.05, 4.69) is 5.32 Å². The van der Waals surface area contributed by atoms with Gasteiger partial charge in [0.15, 0.2) is 0 Å². The van der Waals surface area contributed by atoms with Crippen LogP contribution in [0.15, 0.2) is 18.2 Å². The number of benzene rings is 1. The second-order valence-corrected chi connectivity index (χ2v) is 4.15. The Bertz CT molecular complexity index is 435.